The maximum absolute atomic E-state index is 12.4. The van der Waals surface area contributed by atoms with E-state index in [1.807, 2.05) is 20.8 Å². The third-order valence-electron chi connectivity index (χ3n) is 3.48. The molecule has 0 fully saturated rings. The summed E-state index contributed by atoms with van der Waals surface area (Å²) < 4.78 is 26.2. The molecule has 102 valence electrons. The van der Waals surface area contributed by atoms with Crippen LogP contribution in [0.3, 0.4) is 0 Å². The van der Waals surface area contributed by atoms with Gasteiger partial charge in [0, 0.05) is 12.6 Å². The van der Waals surface area contributed by atoms with Gasteiger partial charge in [0.25, 0.3) is 0 Å². The number of sulfonamides is 1. The molecule has 1 rings (SSSR count). The van der Waals surface area contributed by atoms with E-state index in [9.17, 15) is 8.42 Å². The molecule has 0 aliphatic carbocycles. The summed E-state index contributed by atoms with van der Waals surface area (Å²) in [7, 11) is -1.89. The van der Waals surface area contributed by atoms with Gasteiger partial charge in [-0.2, -0.15) is 4.31 Å². The minimum absolute atomic E-state index is 0.0867. The summed E-state index contributed by atoms with van der Waals surface area (Å²) in [5.41, 5.74) is 0.278. The van der Waals surface area contributed by atoms with Crippen molar-refractivity contribution < 1.29 is 13.5 Å². The van der Waals surface area contributed by atoms with Crippen LogP contribution in [0, 0.1) is 0 Å². The van der Waals surface area contributed by atoms with Gasteiger partial charge < -0.3 is 5.11 Å². The van der Waals surface area contributed by atoms with E-state index in [-0.39, 0.29) is 11.5 Å². The lowest BCUT2D eigenvalue weighted by atomic mass is 10.0. The van der Waals surface area contributed by atoms with Gasteiger partial charge in [0.05, 0.1) is 11.5 Å². The molecule has 0 atom stereocenters. The van der Waals surface area contributed by atoms with Gasteiger partial charge >= 0.3 is 0 Å². The van der Waals surface area contributed by atoms with Crippen LogP contribution in [0.25, 0.3) is 0 Å². The smallest absolute Gasteiger partial charge is 0.243 e. The molecular formula is C13H21NO3S. The predicted octanol–water partition coefficient (Wildman–Crippen LogP) is 1.99. The van der Waals surface area contributed by atoms with Crippen LogP contribution in [0.2, 0.25) is 0 Å². The van der Waals surface area contributed by atoms with Crippen LogP contribution in [-0.2, 0) is 16.6 Å². The Kier molecular flexibility index (Phi) is 4.53. The lowest BCUT2D eigenvalue weighted by molar-refractivity contribution is 0.257. The maximum Gasteiger partial charge on any atom is 0.243 e. The van der Waals surface area contributed by atoms with Crippen LogP contribution in [0.5, 0.6) is 0 Å². The fourth-order valence-corrected chi connectivity index (χ4v) is 3.05. The number of rotatable bonds is 5. The van der Waals surface area contributed by atoms with Crippen LogP contribution in [0.4, 0.5) is 0 Å². The summed E-state index contributed by atoms with van der Waals surface area (Å²) in [6, 6.07) is 6.31. The predicted molar refractivity (Wildman–Crippen MR) is 71.7 cm³/mol. The third kappa shape index (κ3) is 2.91. The molecule has 0 unspecified atom stereocenters. The number of aliphatic hydroxyl groups is 1. The fraction of sp³-hybridized carbons (Fsp3) is 0.538. The molecule has 0 amide bonds. The molecule has 18 heavy (non-hydrogen) atoms. The van der Waals surface area contributed by atoms with E-state index < -0.39 is 15.6 Å². The Morgan fingerprint density at radius 1 is 1.22 bits per heavy atom. The fourth-order valence-electron chi connectivity index (χ4n) is 1.47. The highest BCUT2D eigenvalue weighted by Gasteiger charge is 2.32. The minimum atomic E-state index is -3.48. The van der Waals surface area contributed by atoms with Gasteiger partial charge in [-0.1, -0.05) is 19.1 Å². The second-order valence-electron chi connectivity index (χ2n) is 4.94. The Balaban J connectivity index is 3.13. The van der Waals surface area contributed by atoms with Crippen LogP contribution in [0.15, 0.2) is 29.2 Å². The molecule has 0 spiro atoms. The minimum Gasteiger partial charge on any atom is -0.392 e. The van der Waals surface area contributed by atoms with Gasteiger partial charge in [-0.25, -0.2) is 8.42 Å². The average Bonchev–Trinajstić information content (AvgIpc) is 2.37. The molecule has 0 heterocycles. The summed E-state index contributed by atoms with van der Waals surface area (Å²) in [6.07, 6.45) is 0.734. The van der Waals surface area contributed by atoms with Crippen LogP contribution in [-0.4, -0.2) is 30.4 Å². The Morgan fingerprint density at radius 2 is 1.72 bits per heavy atom. The molecule has 0 bridgehead atoms. The molecule has 0 aliphatic rings. The first kappa shape index (κ1) is 15.1. The topological polar surface area (TPSA) is 57.6 Å². The maximum atomic E-state index is 12.4. The molecule has 0 aromatic heterocycles. The van der Waals surface area contributed by atoms with Crippen molar-refractivity contribution in [2.24, 2.45) is 0 Å². The van der Waals surface area contributed by atoms with Gasteiger partial charge in [0.1, 0.15) is 0 Å². The van der Waals surface area contributed by atoms with Crippen LogP contribution in [0.1, 0.15) is 32.8 Å². The summed E-state index contributed by atoms with van der Waals surface area (Å²) >= 11 is 0. The van der Waals surface area contributed by atoms with E-state index >= 15 is 0 Å². The Hall–Kier alpha value is -0.910. The van der Waals surface area contributed by atoms with Crippen molar-refractivity contribution in [3.8, 4) is 0 Å². The highest BCUT2D eigenvalue weighted by molar-refractivity contribution is 7.89. The monoisotopic (exact) mass is 271 g/mol. The van der Waals surface area contributed by atoms with Gasteiger partial charge in [-0.3, -0.25) is 0 Å². The van der Waals surface area contributed by atoms with Gasteiger partial charge in [-0.05, 0) is 38.0 Å². The zero-order valence-corrected chi connectivity index (χ0v) is 12.2. The van der Waals surface area contributed by atoms with Crippen molar-refractivity contribution in [1.82, 2.24) is 4.31 Å². The summed E-state index contributed by atoms with van der Waals surface area (Å²) in [5.74, 6) is 0. The Labute approximate surface area is 109 Å². The first-order valence-electron chi connectivity index (χ1n) is 5.94. The normalized spacial score (nSPS) is 13.0. The van der Waals surface area contributed by atoms with E-state index in [4.69, 9.17) is 5.11 Å². The second kappa shape index (κ2) is 5.38. The summed E-state index contributed by atoms with van der Waals surface area (Å²) in [4.78, 5) is 0.253. The van der Waals surface area contributed by atoms with Gasteiger partial charge in [0.15, 0.2) is 0 Å². The molecular weight excluding hydrogens is 250 g/mol. The van der Waals surface area contributed by atoms with Crippen molar-refractivity contribution >= 4 is 10.0 Å². The average molecular weight is 271 g/mol. The Bertz CT molecular complexity index is 491. The first-order valence-corrected chi connectivity index (χ1v) is 7.38. The molecule has 0 aliphatic heterocycles. The second-order valence-corrected chi connectivity index (χ2v) is 6.91. The quantitative estimate of drug-likeness (QED) is 0.891. The van der Waals surface area contributed by atoms with Gasteiger partial charge in [0.2, 0.25) is 10.0 Å². The summed E-state index contributed by atoms with van der Waals surface area (Å²) in [5, 5.41) is 8.95. The van der Waals surface area contributed by atoms with E-state index in [1.165, 1.54) is 16.4 Å². The van der Waals surface area contributed by atoms with E-state index in [0.29, 0.717) is 5.56 Å². The highest BCUT2D eigenvalue weighted by Crippen LogP contribution is 2.25. The molecule has 0 radical (unpaired) electrons. The van der Waals surface area contributed by atoms with E-state index in [1.54, 1.807) is 19.2 Å². The summed E-state index contributed by atoms with van der Waals surface area (Å²) in [6.45, 7) is 5.66. The van der Waals surface area contributed by atoms with Crippen molar-refractivity contribution in [2.75, 3.05) is 7.05 Å². The molecule has 1 N–H and O–H groups in total. The lowest BCUT2D eigenvalue weighted by Crippen LogP contribution is -2.44. The molecule has 4 nitrogen and oxygen atoms in total. The van der Waals surface area contributed by atoms with Crippen molar-refractivity contribution in [1.29, 1.82) is 0 Å². The zero-order valence-electron chi connectivity index (χ0n) is 11.3. The number of hydrogen-bond donors (Lipinski definition) is 1. The van der Waals surface area contributed by atoms with Crippen LogP contribution >= 0.6 is 0 Å². The van der Waals surface area contributed by atoms with Crippen molar-refractivity contribution in [3.05, 3.63) is 29.8 Å². The molecule has 0 saturated heterocycles. The van der Waals surface area contributed by atoms with E-state index in [0.717, 1.165) is 6.42 Å². The Morgan fingerprint density at radius 3 is 2.11 bits per heavy atom. The number of aliphatic hydroxyl groups excluding tert-OH is 1. The van der Waals surface area contributed by atoms with Crippen LogP contribution < -0.4 is 0 Å². The zero-order chi connectivity index (χ0) is 14.0. The van der Waals surface area contributed by atoms with Gasteiger partial charge in [-0.15, -0.1) is 0 Å². The first-order chi connectivity index (χ1) is 8.25. The number of nitrogens with zero attached hydrogens (tertiary/aromatic N) is 1. The lowest BCUT2D eigenvalue weighted by Gasteiger charge is -2.33. The standard InChI is InChI=1S/C13H21NO3S/c1-5-13(2,3)14(4)18(16,17)12-8-6-11(10-15)7-9-12/h6-9,15H,5,10H2,1-4H3. The number of benzene rings is 1. The molecule has 1 aromatic rings. The highest BCUT2D eigenvalue weighted by atomic mass is 32.2. The van der Waals surface area contributed by atoms with E-state index in [2.05, 4.69) is 0 Å². The van der Waals surface area contributed by atoms with Crippen molar-refractivity contribution in [3.63, 3.8) is 0 Å². The SMILES string of the molecule is CCC(C)(C)N(C)S(=O)(=O)c1ccc(CO)cc1. The molecule has 0 saturated carbocycles. The van der Waals surface area contributed by atoms with Crippen molar-refractivity contribution in [2.45, 2.75) is 44.2 Å². The largest absolute Gasteiger partial charge is 0.392 e. The molecule has 5 heteroatoms. The number of hydrogen-bond acceptors (Lipinski definition) is 3. The molecule has 1 aromatic carbocycles. The third-order valence-corrected chi connectivity index (χ3v) is 5.57.